The zero-order valence-corrected chi connectivity index (χ0v) is 13.9. The number of carboxylic acids is 1. The minimum atomic E-state index is -1.07. The van der Waals surface area contributed by atoms with E-state index in [4.69, 9.17) is 5.11 Å². The Morgan fingerprint density at radius 1 is 1.09 bits per heavy atom. The van der Waals surface area contributed by atoms with Crippen LogP contribution in [0.5, 0.6) is 0 Å². The molecule has 1 rings (SSSR count). The van der Waals surface area contributed by atoms with E-state index < -0.39 is 24.0 Å². The monoisotopic (exact) mass is 320 g/mol. The summed E-state index contributed by atoms with van der Waals surface area (Å²) in [4.78, 5) is 34.7. The first-order valence-corrected chi connectivity index (χ1v) is 7.56. The number of carboxylic acid groups (broad SMARTS) is 1. The molecule has 0 bridgehead atoms. The molecule has 3 N–H and O–H groups in total. The molecule has 0 heterocycles. The van der Waals surface area contributed by atoms with Gasteiger partial charge in [-0.15, -0.1) is 0 Å². The van der Waals surface area contributed by atoms with E-state index in [-0.39, 0.29) is 18.2 Å². The Morgan fingerprint density at radius 3 is 2.09 bits per heavy atom. The van der Waals surface area contributed by atoms with Crippen LogP contribution in [0.4, 0.5) is 0 Å². The molecule has 2 atom stereocenters. The Kier molecular flexibility index (Phi) is 6.75. The van der Waals surface area contributed by atoms with Crippen molar-refractivity contribution in [3.05, 3.63) is 35.4 Å². The zero-order chi connectivity index (χ0) is 17.6. The van der Waals surface area contributed by atoms with Crippen LogP contribution in [0.15, 0.2) is 24.3 Å². The van der Waals surface area contributed by atoms with Crippen LogP contribution in [0.1, 0.15) is 44.4 Å². The SMILES string of the molecule is CC(=O)NC(CC(=O)N[C@H](C(=O)O)C(C)C)c1ccc(C)cc1. The number of carbonyl (C=O) groups is 3. The summed E-state index contributed by atoms with van der Waals surface area (Å²) in [6.45, 7) is 6.78. The maximum absolute atomic E-state index is 12.2. The largest absolute Gasteiger partial charge is 0.480 e. The van der Waals surface area contributed by atoms with Gasteiger partial charge in [-0.3, -0.25) is 9.59 Å². The van der Waals surface area contributed by atoms with E-state index >= 15 is 0 Å². The number of hydrogen-bond donors (Lipinski definition) is 3. The first-order chi connectivity index (χ1) is 10.7. The summed E-state index contributed by atoms with van der Waals surface area (Å²) in [6.07, 6.45) is -0.0147. The molecule has 0 aromatic heterocycles. The third-order valence-electron chi connectivity index (χ3n) is 3.50. The Bertz CT molecular complexity index is 566. The van der Waals surface area contributed by atoms with Gasteiger partial charge in [0.05, 0.1) is 12.5 Å². The normalized spacial score (nSPS) is 13.3. The fraction of sp³-hybridized carbons (Fsp3) is 0.471. The molecule has 0 saturated carbocycles. The van der Waals surface area contributed by atoms with Gasteiger partial charge < -0.3 is 15.7 Å². The lowest BCUT2D eigenvalue weighted by molar-refractivity contribution is -0.143. The van der Waals surface area contributed by atoms with Crippen molar-refractivity contribution in [1.82, 2.24) is 10.6 Å². The molecule has 23 heavy (non-hydrogen) atoms. The molecule has 0 aliphatic carbocycles. The van der Waals surface area contributed by atoms with Gasteiger partial charge in [0.2, 0.25) is 11.8 Å². The Hall–Kier alpha value is -2.37. The van der Waals surface area contributed by atoms with E-state index in [0.29, 0.717) is 0 Å². The second-order valence-corrected chi connectivity index (χ2v) is 6.00. The van der Waals surface area contributed by atoms with E-state index in [1.54, 1.807) is 13.8 Å². The Labute approximate surface area is 136 Å². The molecular formula is C17H24N2O4. The molecule has 0 spiro atoms. The van der Waals surface area contributed by atoms with Crippen LogP contribution in [0.25, 0.3) is 0 Å². The molecule has 0 aliphatic rings. The molecule has 6 heteroatoms. The maximum atomic E-state index is 12.2. The van der Waals surface area contributed by atoms with Crippen LogP contribution in [-0.4, -0.2) is 28.9 Å². The molecule has 2 amide bonds. The molecule has 1 aromatic rings. The molecule has 1 unspecified atom stereocenters. The highest BCUT2D eigenvalue weighted by Gasteiger charge is 2.25. The van der Waals surface area contributed by atoms with Crippen molar-refractivity contribution in [2.75, 3.05) is 0 Å². The van der Waals surface area contributed by atoms with Gasteiger partial charge in [0.1, 0.15) is 6.04 Å². The van der Waals surface area contributed by atoms with Crippen molar-refractivity contribution in [3.63, 3.8) is 0 Å². The van der Waals surface area contributed by atoms with Gasteiger partial charge in [-0.2, -0.15) is 0 Å². The van der Waals surface area contributed by atoms with E-state index in [1.165, 1.54) is 6.92 Å². The second-order valence-electron chi connectivity index (χ2n) is 6.00. The van der Waals surface area contributed by atoms with Crippen LogP contribution < -0.4 is 10.6 Å². The molecule has 0 fully saturated rings. The average molecular weight is 320 g/mol. The lowest BCUT2D eigenvalue weighted by atomic mass is 10.0. The molecule has 0 radical (unpaired) electrons. The van der Waals surface area contributed by atoms with Crippen LogP contribution in [-0.2, 0) is 14.4 Å². The van der Waals surface area contributed by atoms with E-state index in [2.05, 4.69) is 10.6 Å². The lowest BCUT2D eigenvalue weighted by Gasteiger charge is -2.22. The number of nitrogens with one attached hydrogen (secondary N) is 2. The van der Waals surface area contributed by atoms with Gasteiger partial charge in [0.15, 0.2) is 0 Å². The predicted octanol–water partition coefficient (Wildman–Crippen LogP) is 1.79. The quantitative estimate of drug-likeness (QED) is 0.713. The van der Waals surface area contributed by atoms with Gasteiger partial charge in [-0.1, -0.05) is 43.7 Å². The summed E-state index contributed by atoms with van der Waals surface area (Å²) in [6, 6.07) is 6.06. The van der Waals surface area contributed by atoms with Gasteiger partial charge >= 0.3 is 5.97 Å². The highest BCUT2D eigenvalue weighted by molar-refractivity contribution is 5.84. The molecule has 6 nitrogen and oxygen atoms in total. The number of aliphatic carboxylic acids is 1. The Balaban J connectivity index is 2.84. The van der Waals surface area contributed by atoms with Crippen molar-refractivity contribution in [1.29, 1.82) is 0 Å². The molecular weight excluding hydrogens is 296 g/mol. The number of amides is 2. The summed E-state index contributed by atoms with van der Waals surface area (Å²) in [5.74, 6) is -1.96. The number of rotatable bonds is 7. The number of carbonyl (C=O) groups excluding carboxylic acids is 2. The highest BCUT2D eigenvalue weighted by Crippen LogP contribution is 2.18. The highest BCUT2D eigenvalue weighted by atomic mass is 16.4. The van der Waals surface area contributed by atoms with Crippen LogP contribution in [0.2, 0.25) is 0 Å². The smallest absolute Gasteiger partial charge is 0.326 e. The number of aryl methyl sites for hydroxylation is 1. The summed E-state index contributed by atoms with van der Waals surface area (Å²) >= 11 is 0. The minimum Gasteiger partial charge on any atom is -0.480 e. The van der Waals surface area contributed by atoms with Gasteiger partial charge in [-0.25, -0.2) is 4.79 Å². The fourth-order valence-corrected chi connectivity index (χ4v) is 2.23. The van der Waals surface area contributed by atoms with E-state index in [0.717, 1.165) is 11.1 Å². The van der Waals surface area contributed by atoms with Crippen LogP contribution in [0, 0.1) is 12.8 Å². The van der Waals surface area contributed by atoms with Crippen molar-refractivity contribution >= 4 is 17.8 Å². The van der Waals surface area contributed by atoms with Crippen molar-refractivity contribution in [2.45, 2.75) is 46.2 Å². The van der Waals surface area contributed by atoms with Crippen molar-refractivity contribution in [2.24, 2.45) is 5.92 Å². The van der Waals surface area contributed by atoms with Gasteiger partial charge in [0.25, 0.3) is 0 Å². The van der Waals surface area contributed by atoms with E-state index in [9.17, 15) is 14.4 Å². The first-order valence-electron chi connectivity index (χ1n) is 7.56. The predicted molar refractivity (Wildman–Crippen MR) is 86.8 cm³/mol. The van der Waals surface area contributed by atoms with E-state index in [1.807, 2.05) is 31.2 Å². The van der Waals surface area contributed by atoms with Crippen molar-refractivity contribution in [3.8, 4) is 0 Å². The summed E-state index contributed by atoms with van der Waals surface area (Å²) < 4.78 is 0. The molecule has 0 saturated heterocycles. The topological polar surface area (TPSA) is 95.5 Å². The first kappa shape index (κ1) is 18.7. The van der Waals surface area contributed by atoms with Crippen molar-refractivity contribution < 1.29 is 19.5 Å². The number of benzene rings is 1. The summed E-state index contributed by atoms with van der Waals surface area (Å²) in [5.41, 5.74) is 1.88. The molecule has 126 valence electrons. The Morgan fingerprint density at radius 2 is 1.65 bits per heavy atom. The minimum absolute atomic E-state index is 0.0147. The third-order valence-corrected chi connectivity index (χ3v) is 3.50. The van der Waals surface area contributed by atoms with Gasteiger partial charge in [-0.05, 0) is 18.4 Å². The third kappa shape index (κ3) is 6.10. The van der Waals surface area contributed by atoms with Crippen LogP contribution >= 0.6 is 0 Å². The zero-order valence-electron chi connectivity index (χ0n) is 13.9. The molecule has 0 aliphatic heterocycles. The maximum Gasteiger partial charge on any atom is 0.326 e. The van der Waals surface area contributed by atoms with Crippen LogP contribution in [0.3, 0.4) is 0 Å². The number of hydrogen-bond acceptors (Lipinski definition) is 3. The summed E-state index contributed by atoms with van der Waals surface area (Å²) in [5, 5.41) is 14.4. The fourth-order valence-electron chi connectivity index (χ4n) is 2.23. The average Bonchev–Trinajstić information content (AvgIpc) is 2.43. The van der Waals surface area contributed by atoms with Gasteiger partial charge in [0, 0.05) is 6.92 Å². The second kappa shape index (κ2) is 8.31. The lowest BCUT2D eigenvalue weighted by Crippen LogP contribution is -2.45. The molecule has 1 aromatic carbocycles. The standard InChI is InChI=1S/C17H24N2O4/c1-10(2)16(17(22)23)19-15(21)9-14(18-12(4)20)13-7-5-11(3)6-8-13/h5-8,10,14,16H,9H2,1-4H3,(H,18,20)(H,19,21)(H,22,23)/t14?,16-/m0/s1. The summed E-state index contributed by atoms with van der Waals surface area (Å²) in [7, 11) is 0.